The number of anilines is 2. The Labute approximate surface area is 185 Å². The van der Waals surface area contributed by atoms with Gasteiger partial charge in [-0.1, -0.05) is 28.9 Å². The van der Waals surface area contributed by atoms with E-state index in [-0.39, 0.29) is 10.8 Å². The Kier molecular flexibility index (Phi) is 5.55. The molecule has 0 radical (unpaired) electrons. The predicted molar refractivity (Wildman–Crippen MR) is 124 cm³/mol. The summed E-state index contributed by atoms with van der Waals surface area (Å²) in [5.74, 6) is 0.601. The van der Waals surface area contributed by atoms with E-state index in [1.165, 1.54) is 22.7 Å². The van der Waals surface area contributed by atoms with Crippen LogP contribution < -0.4 is 9.21 Å². The Morgan fingerprint density at radius 1 is 0.968 bits per heavy atom. The third-order valence-corrected chi connectivity index (χ3v) is 7.75. The zero-order valence-corrected chi connectivity index (χ0v) is 19.2. The van der Waals surface area contributed by atoms with Crippen LogP contribution in [-0.2, 0) is 10.0 Å². The molecular formula is C22H22N4O3S2. The minimum Gasteiger partial charge on any atom is -0.378 e. The van der Waals surface area contributed by atoms with E-state index in [0.717, 1.165) is 16.8 Å². The number of aryl methyl sites for hydroxylation is 1. The first-order valence-corrected chi connectivity index (χ1v) is 11.8. The third-order valence-electron chi connectivity index (χ3n) is 4.89. The molecule has 2 heterocycles. The highest BCUT2D eigenvalue weighted by atomic mass is 32.2. The van der Waals surface area contributed by atoms with Crippen molar-refractivity contribution in [3.05, 3.63) is 65.5 Å². The lowest BCUT2D eigenvalue weighted by Crippen LogP contribution is -2.26. The molecular weight excluding hydrogens is 432 g/mol. The van der Waals surface area contributed by atoms with Crippen molar-refractivity contribution in [2.24, 2.45) is 0 Å². The van der Waals surface area contributed by atoms with E-state index in [1.54, 1.807) is 23.6 Å². The van der Waals surface area contributed by atoms with E-state index in [2.05, 4.69) is 10.1 Å². The van der Waals surface area contributed by atoms with Crippen LogP contribution in [0.25, 0.3) is 22.2 Å². The molecule has 4 rings (SSSR count). The van der Waals surface area contributed by atoms with Gasteiger partial charge < -0.3 is 9.42 Å². The van der Waals surface area contributed by atoms with Crippen LogP contribution in [0, 0.1) is 6.92 Å². The SMILES string of the molecule is Cc1cccc(-c2noc(-c3sccc3S(=O)(=O)N(C)c3ccc(N(C)C)cc3)n2)c1. The van der Waals surface area contributed by atoms with Gasteiger partial charge in [-0.2, -0.15) is 4.98 Å². The van der Waals surface area contributed by atoms with Gasteiger partial charge in [0.1, 0.15) is 9.77 Å². The minimum absolute atomic E-state index is 0.135. The van der Waals surface area contributed by atoms with Crippen LogP contribution in [0.4, 0.5) is 11.4 Å². The number of aromatic nitrogens is 2. The van der Waals surface area contributed by atoms with E-state index in [1.807, 2.05) is 62.3 Å². The Bertz CT molecular complexity index is 1310. The molecule has 0 spiro atoms. The van der Waals surface area contributed by atoms with Gasteiger partial charge in [-0.3, -0.25) is 4.31 Å². The van der Waals surface area contributed by atoms with Gasteiger partial charge in [0.15, 0.2) is 0 Å². The Morgan fingerprint density at radius 3 is 2.35 bits per heavy atom. The second kappa shape index (κ2) is 8.16. The van der Waals surface area contributed by atoms with Crippen molar-refractivity contribution in [2.45, 2.75) is 11.8 Å². The number of sulfonamides is 1. The summed E-state index contributed by atoms with van der Waals surface area (Å²) < 4.78 is 33.4. The molecule has 0 amide bonds. The maximum Gasteiger partial charge on any atom is 0.269 e. The maximum absolute atomic E-state index is 13.4. The average molecular weight is 455 g/mol. The number of hydrogen-bond acceptors (Lipinski definition) is 7. The quantitative estimate of drug-likeness (QED) is 0.421. The number of benzene rings is 2. The number of hydrogen-bond donors (Lipinski definition) is 0. The largest absolute Gasteiger partial charge is 0.378 e. The summed E-state index contributed by atoms with van der Waals surface area (Å²) in [5, 5.41) is 5.75. The van der Waals surface area contributed by atoms with Gasteiger partial charge in [-0.05, 0) is 48.7 Å². The molecule has 0 aliphatic carbocycles. The fourth-order valence-corrected chi connectivity index (χ4v) is 5.63. The average Bonchev–Trinajstić information content (AvgIpc) is 3.43. The molecule has 0 unspecified atom stereocenters. The van der Waals surface area contributed by atoms with Crippen molar-refractivity contribution >= 4 is 32.7 Å². The van der Waals surface area contributed by atoms with Crippen LogP contribution in [0.1, 0.15) is 5.56 Å². The van der Waals surface area contributed by atoms with Crippen molar-refractivity contribution < 1.29 is 12.9 Å². The van der Waals surface area contributed by atoms with Gasteiger partial charge in [0.05, 0.1) is 5.69 Å². The van der Waals surface area contributed by atoms with E-state index < -0.39 is 10.0 Å². The molecule has 0 aliphatic rings. The lowest BCUT2D eigenvalue weighted by atomic mass is 10.1. The molecule has 2 aromatic carbocycles. The fraction of sp³-hybridized carbons (Fsp3) is 0.182. The zero-order chi connectivity index (χ0) is 22.2. The van der Waals surface area contributed by atoms with Gasteiger partial charge in [0, 0.05) is 32.4 Å². The molecule has 2 aromatic heterocycles. The fourth-order valence-electron chi connectivity index (χ4n) is 3.12. The minimum atomic E-state index is -3.82. The number of thiophene rings is 1. The van der Waals surface area contributed by atoms with Crippen LogP contribution >= 0.6 is 11.3 Å². The van der Waals surface area contributed by atoms with Gasteiger partial charge in [-0.25, -0.2) is 8.42 Å². The standard InChI is InChI=1S/C22H22N4O3S2/c1-15-6-5-7-16(14-15)21-23-22(29-24-21)20-19(12-13-30-20)31(27,28)26(4)18-10-8-17(9-11-18)25(2)3/h5-14H,1-4H3. The predicted octanol–water partition coefficient (Wildman–Crippen LogP) is 4.66. The first-order chi connectivity index (χ1) is 14.8. The molecule has 9 heteroatoms. The molecule has 4 aromatic rings. The van der Waals surface area contributed by atoms with E-state index in [0.29, 0.717) is 16.4 Å². The highest BCUT2D eigenvalue weighted by Crippen LogP contribution is 2.35. The van der Waals surface area contributed by atoms with Crippen molar-refractivity contribution in [1.82, 2.24) is 10.1 Å². The summed E-state index contributed by atoms with van der Waals surface area (Å²) in [6.45, 7) is 1.98. The molecule has 0 saturated carbocycles. The van der Waals surface area contributed by atoms with Crippen molar-refractivity contribution in [1.29, 1.82) is 0 Å². The lowest BCUT2D eigenvalue weighted by Gasteiger charge is -2.20. The van der Waals surface area contributed by atoms with Crippen LogP contribution in [0.2, 0.25) is 0 Å². The lowest BCUT2D eigenvalue weighted by molar-refractivity contribution is 0.432. The topological polar surface area (TPSA) is 79.5 Å². The van der Waals surface area contributed by atoms with E-state index in [4.69, 9.17) is 4.52 Å². The van der Waals surface area contributed by atoms with Crippen molar-refractivity contribution in [3.63, 3.8) is 0 Å². The molecule has 0 N–H and O–H groups in total. The first kappa shape index (κ1) is 21.1. The third kappa shape index (κ3) is 4.06. The van der Waals surface area contributed by atoms with E-state index in [9.17, 15) is 8.42 Å². The van der Waals surface area contributed by atoms with Crippen LogP contribution in [-0.4, -0.2) is 39.7 Å². The smallest absolute Gasteiger partial charge is 0.269 e. The molecule has 0 aliphatic heterocycles. The number of rotatable bonds is 6. The normalized spacial score (nSPS) is 11.5. The zero-order valence-electron chi connectivity index (χ0n) is 17.6. The maximum atomic E-state index is 13.4. The summed E-state index contributed by atoms with van der Waals surface area (Å²) in [5.41, 5.74) is 3.44. The van der Waals surface area contributed by atoms with E-state index >= 15 is 0 Å². The van der Waals surface area contributed by atoms with Crippen molar-refractivity contribution in [3.8, 4) is 22.2 Å². The highest BCUT2D eigenvalue weighted by molar-refractivity contribution is 7.93. The molecule has 0 fully saturated rings. The van der Waals surface area contributed by atoms with Gasteiger partial charge in [0.25, 0.3) is 15.9 Å². The van der Waals surface area contributed by atoms with Gasteiger partial charge in [-0.15, -0.1) is 11.3 Å². The van der Waals surface area contributed by atoms with Crippen molar-refractivity contribution in [2.75, 3.05) is 30.3 Å². The summed E-state index contributed by atoms with van der Waals surface area (Å²) in [6, 6.07) is 16.6. The Hall–Kier alpha value is -3.17. The second-order valence-electron chi connectivity index (χ2n) is 7.29. The monoisotopic (exact) mass is 454 g/mol. The Morgan fingerprint density at radius 2 is 1.68 bits per heavy atom. The molecule has 7 nitrogen and oxygen atoms in total. The summed E-state index contributed by atoms with van der Waals surface area (Å²) in [7, 11) is 1.58. The second-order valence-corrected chi connectivity index (χ2v) is 10.1. The molecule has 0 saturated heterocycles. The Balaban J connectivity index is 1.67. The highest BCUT2D eigenvalue weighted by Gasteiger charge is 2.28. The van der Waals surface area contributed by atoms with Crippen LogP contribution in [0.5, 0.6) is 0 Å². The van der Waals surface area contributed by atoms with Crippen LogP contribution in [0.15, 0.2) is 69.4 Å². The van der Waals surface area contributed by atoms with Crippen LogP contribution in [0.3, 0.4) is 0 Å². The summed E-state index contributed by atoms with van der Waals surface area (Å²) in [4.78, 5) is 6.96. The summed E-state index contributed by atoms with van der Waals surface area (Å²) in [6.07, 6.45) is 0. The molecule has 0 atom stereocenters. The first-order valence-electron chi connectivity index (χ1n) is 9.52. The van der Waals surface area contributed by atoms with Gasteiger partial charge in [0.2, 0.25) is 5.82 Å². The number of nitrogens with zero attached hydrogens (tertiary/aromatic N) is 4. The van der Waals surface area contributed by atoms with Gasteiger partial charge >= 0.3 is 0 Å². The molecule has 160 valence electrons. The molecule has 31 heavy (non-hydrogen) atoms. The summed E-state index contributed by atoms with van der Waals surface area (Å²) >= 11 is 1.25. The molecule has 0 bridgehead atoms.